The molecule has 0 saturated heterocycles. The van der Waals surface area contributed by atoms with Crippen LogP contribution >= 0.6 is 27.7 Å². The Labute approximate surface area is 157 Å². The van der Waals surface area contributed by atoms with E-state index in [1.54, 1.807) is 32.4 Å². The van der Waals surface area contributed by atoms with E-state index in [0.29, 0.717) is 32.6 Å². The van der Waals surface area contributed by atoms with Crippen LogP contribution in [0.25, 0.3) is 6.08 Å². The number of Topliss-reactive ketones (excluding diaryl/α,β-unsaturated/α-hetero) is 1. The Bertz CT molecular complexity index is 892. The average Bonchev–Trinajstić information content (AvgIpc) is 2.93. The van der Waals surface area contributed by atoms with Gasteiger partial charge in [0.15, 0.2) is 11.5 Å². The van der Waals surface area contributed by atoms with E-state index in [1.807, 2.05) is 6.07 Å². The third-order valence-electron chi connectivity index (χ3n) is 3.74. The Hall–Kier alpha value is -2.12. The van der Waals surface area contributed by atoms with Gasteiger partial charge in [-0.1, -0.05) is 11.8 Å². The van der Waals surface area contributed by atoms with Crippen molar-refractivity contribution in [3.8, 4) is 23.0 Å². The van der Waals surface area contributed by atoms with E-state index in [2.05, 4.69) is 15.9 Å². The number of thioether (sulfide) groups is 1. The molecule has 0 spiro atoms. The third-order valence-corrected chi connectivity index (χ3v) is 5.46. The van der Waals surface area contributed by atoms with Gasteiger partial charge in [0.2, 0.25) is 5.78 Å². The number of ether oxygens (including phenoxy) is 3. The van der Waals surface area contributed by atoms with Gasteiger partial charge in [-0.2, -0.15) is 0 Å². The molecule has 1 N–H and O–H groups in total. The van der Waals surface area contributed by atoms with Gasteiger partial charge < -0.3 is 19.3 Å². The van der Waals surface area contributed by atoms with Gasteiger partial charge >= 0.3 is 0 Å². The molecule has 0 fully saturated rings. The Morgan fingerprint density at radius 1 is 1.08 bits per heavy atom. The molecule has 0 amide bonds. The summed E-state index contributed by atoms with van der Waals surface area (Å²) < 4.78 is 16.6. The molecule has 0 aromatic heterocycles. The highest BCUT2D eigenvalue weighted by atomic mass is 79.9. The number of aromatic hydroxyl groups is 1. The molecule has 1 heterocycles. The molecule has 5 nitrogen and oxygen atoms in total. The lowest BCUT2D eigenvalue weighted by atomic mass is 10.1. The summed E-state index contributed by atoms with van der Waals surface area (Å²) in [5.41, 5.74) is 1.16. The van der Waals surface area contributed by atoms with Gasteiger partial charge in [0.05, 0.1) is 41.2 Å². The van der Waals surface area contributed by atoms with Crippen LogP contribution in [-0.2, 0) is 0 Å². The number of phenolic OH excluding ortho intramolecular Hbond substituents is 1. The highest BCUT2D eigenvalue weighted by Crippen LogP contribution is 2.49. The van der Waals surface area contributed by atoms with Crippen LogP contribution in [0.2, 0.25) is 0 Å². The van der Waals surface area contributed by atoms with E-state index >= 15 is 0 Å². The topological polar surface area (TPSA) is 65.0 Å². The Kier molecular flexibility index (Phi) is 4.96. The van der Waals surface area contributed by atoms with Crippen LogP contribution in [0.15, 0.2) is 38.5 Å². The second-order valence-corrected chi connectivity index (χ2v) is 7.08. The first-order valence-corrected chi connectivity index (χ1v) is 8.86. The first kappa shape index (κ1) is 17.7. The van der Waals surface area contributed by atoms with E-state index in [9.17, 15) is 9.90 Å². The zero-order valence-corrected chi connectivity index (χ0v) is 16.2. The molecular weight excluding hydrogens is 408 g/mol. The van der Waals surface area contributed by atoms with Crippen molar-refractivity contribution in [1.29, 1.82) is 0 Å². The van der Waals surface area contributed by atoms with E-state index in [0.717, 1.165) is 10.0 Å². The molecule has 3 rings (SSSR count). The van der Waals surface area contributed by atoms with Crippen LogP contribution in [0, 0.1) is 0 Å². The van der Waals surface area contributed by atoms with Crippen LogP contribution in [0.5, 0.6) is 23.0 Å². The van der Waals surface area contributed by atoms with Gasteiger partial charge in [-0.25, -0.2) is 0 Å². The molecule has 0 atom stereocenters. The molecule has 130 valence electrons. The predicted octanol–water partition coefficient (Wildman–Crippen LogP) is 4.51. The summed E-state index contributed by atoms with van der Waals surface area (Å²) >= 11 is 4.66. The Morgan fingerprint density at radius 3 is 2.44 bits per heavy atom. The van der Waals surface area contributed by atoms with Crippen molar-refractivity contribution < 1.29 is 24.1 Å². The van der Waals surface area contributed by atoms with Gasteiger partial charge in [0.1, 0.15) is 11.5 Å². The highest BCUT2D eigenvalue weighted by Gasteiger charge is 2.32. The maximum atomic E-state index is 12.7. The van der Waals surface area contributed by atoms with Crippen molar-refractivity contribution in [1.82, 2.24) is 0 Å². The minimum Gasteiger partial charge on any atom is -0.507 e. The number of rotatable bonds is 4. The SMILES string of the molecule is COc1cc(/C=C2\Sc3c(O)ccc(OC)c3C2=O)cc(Br)c1OC. The van der Waals surface area contributed by atoms with Crippen LogP contribution in [0.4, 0.5) is 0 Å². The van der Waals surface area contributed by atoms with Crippen molar-refractivity contribution in [3.05, 3.63) is 44.8 Å². The normalized spacial score (nSPS) is 14.6. The van der Waals surface area contributed by atoms with Gasteiger partial charge in [-0.3, -0.25) is 4.79 Å². The lowest BCUT2D eigenvalue weighted by Gasteiger charge is -2.10. The number of halogens is 1. The summed E-state index contributed by atoms with van der Waals surface area (Å²) in [5.74, 6) is 1.46. The van der Waals surface area contributed by atoms with Gasteiger partial charge in [-0.15, -0.1) is 0 Å². The predicted molar refractivity (Wildman–Crippen MR) is 100 cm³/mol. The number of phenols is 1. The van der Waals surface area contributed by atoms with E-state index in [4.69, 9.17) is 14.2 Å². The number of hydrogen-bond donors (Lipinski definition) is 1. The van der Waals surface area contributed by atoms with Gasteiger partial charge in [-0.05, 0) is 51.8 Å². The Balaban J connectivity index is 2.06. The highest BCUT2D eigenvalue weighted by molar-refractivity contribution is 9.10. The molecule has 2 aromatic carbocycles. The molecule has 25 heavy (non-hydrogen) atoms. The monoisotopic (exact) mass is 422 g/mol. The number of ketones is 1. The van der Waals surface area contributed by atoms with Crippen LogP contribution in [0.3, 0.4) is 0 Å². The molecule has 1 aliphatic heterocycles. The molecular formula is C18H15BrO5S. The maximum Gasteiger partial charge on any atom is 0.204 e. The third kappa shape index (κ3) is 3.09. The molecule has 0 aliphatic carbocycles. The number of allylic oxidation sites excluding steroid dienone is 1. The average molecular weight is 423 g/mol. The van der Waals surface area contributed by atoms with Crippen LogP contribution < -0.4 is 14.2 Å². The minimum atomic E-state index is -0.182. The van der Waals surface area contributed by atoms with Gasteiger partial charge in [0, 0.05) is 0 Å². The molecule has 0 bridgehead atoms. The largest absolute Gasteiger partial charge is 0.507 e. The van der Waals surface area contributed by atoms with Crippen LogP contribution in [0.1, 0.15) is 15.9 Å². The Morgan fingerprint density at radius 2 is 1.80 bits per heavy atom. The summed E-state index contributed by atoms with van der Waals surface area (Å²) in [6.45, 7) is 0. The molecule has 2 aromatic rings. The molecule has 0 radical (unpaired) electrons. The molecule has 0 saturated carbocycles. The fourth-order valence-electron chi connectivity index (χ4n) is 2.59. The lowest BCUT2D eigenvalue weighted by Crippen LogP contribution is -1.99. The number of hydrogen-bond acceptors (Lipinski definition) is 6. The van der Waals surface area contributed by atoms with E-state index < -0.39 is 0 Å². The summed E-state index contributed by atoms with van der Waals surface area (Å²) in [6.07, 6.45) is 1.75. The number of methoxy groups -OCH3 is 3. The van der Waals surface area contributed by atoms with E-state index in [-0.39, 0.29) is 11.5 Å². The van der Waals surface area contributed by atoms with Crippen molar-refractivity contribution in [2.45, 2.75) is 4.90 Å². The zero-order chi connectivity index (χ0) is 18.1. The number of carbonyl (C=O) groups excluding carboxylic acids is 1. The summed E-state index contributed by atoms with van der Waals surface area (Å²) in [6, 6.07) is 6.73. The smallest absolute Gasteiger partial charge is 0.204 e. The molecule has 0 unspecified atom stereocenters. The van der Waals surface area contributed by atoms with E-state index in [1.165, 1.54) is 24.9 Å². The van der Waals surface area contributed by atoms with Crippen molar-refractivity contribution >= 4 is 39.6 Å². The summed E-state index contributed by atoms with van der Waals surface area (Å²) in [5, 5.41) is 10.0. The quantitative estimate of drug-likeness (QED) is 0.731. The van der Waals surface area contributed by atoms with Crippen molar-refractivity contribution in [3.63, 3.8) is 0 Å². The standard InChI is InChI=1S/C18H15BrO5S/c1-22-12-5-4-11(20)18-15(12)16(21)14(25-18)8-9-6-10(19)17(24-3)13(7-9)23-2/h4-8,20H,1-3H3/b14-8-. The first-order chi connectivity index (χ1) is 12.0. The van der Waals surface area contributed by atoms with Gasteiger partial charge in [0.25, 0.3) is 0 Å². The zero-order valence-electron chi connectivity index (χ0n) is 13.8. The lowest BCUT2D eigenvalue weighted by molar-refractivity contribution is 0.104. The first-order valence-electron chi connectivity index (χ1n) is 7.25. The molecule has 7 heteroatoms. The van der Waals surface area contributed by atoms with Crippen molar-refractivity contribution in [2.75, 3.05) is 21.3 Å². The number of fused-ring (bicyclic) bond motifs is 1. The minimum absolute atomic E-state index is 0.0612. The number of benzene rings is 2. The number of carbonyl (C=O) groups is 1. The second-order valence-electron chi connectivity index (χ2n) is 5.17. The molecule has 1 aliphatic rings. The fraction of sp³-hybridized carbons (Fsp3) is 0.167. The summed E-state index contributed by atoms with van der Waals surface area (Å²) in [4.78, 5) is 13.8. The maximum absolute atomic E-state index is 12.7. The fourth-order valence-corrected chi connectivity index (χ4v) is 4.29. The second kappa shape index (κ2) is 7.01. The summed E-state index contributed by atoms with van der Waals surface area (Å²) in [7, 11) is 4.61. The van der Waals surface area contributed by atoms with Crippen molar-refractivity contribution in [2.24, 2.45) is 0 Å². The van der Waals surface area contributed by atoms with Crippen LogP contribution in [-0.4, -0.2) is 32.2 Å².